The highest BCUT2D eigenvalue weighted by Gasteiger charge is 2.33. The Labute approximate surface area is 163 Å². The third kappa shape index (κ3) is 4.20. The lowest BCUT2D eigenvalue weighted by Gasteiger charge is -2.38. The number of aliphatic imine (C=N–C) groups is 2. The third-order valence-corrected chi connectivity index (χ3v) is 4.10. The fraction of sp³-hybridized carbons (Fsp3) is 0.222. The van der Waals surface area contributed by atoms with Gasteiger partial charge in [0.1, 0.15) is 18.0 Å². The summed E-state index contributed by atoms with van der Waals surface area (Å²) in [7, 11) is 0. The van der Waals surface area contributed by atoms with Crippen molar-refractivity contribution in [2.24, 2.45) is 21.5 Å². The normalized spacial score (nSPS) is 15.6. The summed E-state index contributed by atoms with van der Waals surface area (Å²) in [5.41, 5.74) is 12.9. The van der Waals surface area contributed by atoms with E-state index in [-0.39, 0.29) is 24.3 Å². The Morgan fingerprint density at radius 3 is 2.42 bits per heavy atom. The molecular formula is C18H21Cl2N5O. The van der Waals surface area contributed by atoms with Gasteiger partial charge in [0.15, 0.2) is 0 Å². The first-order valence-electron chi connectivity index (χ1n) is 7.83. The molecule has 6 nitrogen and oxygen atoms in total. The van der Waals surface area contributed by atoms with E-state index in [1.54, 1.807) is 11.0 Å². The number of anilines is 1. The molecule has 0 bridgehead atoms. The molecule has 0 radical (unpaired) electrons. The number of halogens is 2. The van der Waals surface area contributed by atoms with Gasteiger partial charge in [-0.3, -0.25) is 4.90 Å². The van der Waals surface area contributed by atoms with Gasteiger partial charge in [0.2, 0.25) is 11.9 Å². The van der Waals surface area contributed by atoms with Gasteiger partial charge >= 0.3 is 0 Å². The maximum absolute atomic E-state index is 6.39. The first-order valence-corrected chi connectivity index (χ1v) is 8.20. The summed E-state index contributed by atoms with van der Waals surface area (Å²) in [5.74, 6) is 1.03. The molecule has 1 aliphatic heterocycles. The van der Waals surface area contributed by atoms with Crippen molar-refractivity contribution in [1.29, 1.82) is 0 Å². The second kappa shape index (κ2) is 7.85. The van der Waals surface area contributed by atoms with Crippen LogP contribution in [0.1, 0.15) is 19.4 Å². The zero-order valence-electron chi connectivity index (χ0n) is 14.5. The summed E-state index contributed by atoms with van der Waals surface area (Å²) >= 11 is 6.39. The van der Waals surface area contributed by atoms with E-state index >= 15 is 0 Å². The van der Waals surface area contributed by atoms with Crippen molar-refractivity contribution in [1.82, 2.24) is 0 Å². The lowest BCUT2D eigenvalue weighted by molar-refractivity contribution is 0.306. The van der Waals surface area contributed by atoms with Crippen molar-refractivity contribution in [3.63, 3.8) is 0 Å². The van der Waals surface area contributed by atoms with Crippen LogP contribution in [-0.4, -0.2) is 17.6 Å². The van der Waals surface area contributed by atoms with E-state index in [1.165, 1.54) is 0 Å². The zero-order chi connectivity index (χ0) is 18.0. The molecule has 4 N–H and O–H groups in total. The smallest absolute Gasteiger partial charge is 0.220 e. The standard InChI is InChI=1S/C18H20ClN5O.ClH/c1-18(2)23-16(20)22-17(21)24(18)13-8-9-15(14(19)10-13)25-11-12-6-4-3-5-7-12;/h3-10H,11H2,1-2H3,(H4,20,21,22,23);1H. The number of nitrogens with zero attached hydrogens (tertiary/aromatic N) is 3. The van der Waals surface area contributed by atoms with Gasteiger partial charge in [0, 0.05) is 5.69 Å². The summed E-state index contributed by atoms with van der Waals surface area (Å²) in [5, 5.41) is 0.486. The van der Waals surface area contributed by atoms with Crippen LogP contribution in [0.5, 0.6) is 5.75 Å². The number of ether oxygens (including phenoxy) is 1. The summed E-state index contributed by atoms with van der Waals surface area (Å²) in [6.07, 6.45) is 0. The average Bonchev–Trinajstić information content (AvgIpc) is 2.53. The molecule has 0 aliphatic carbocycles. The van der Waals surface area contributed by atoms with E-state index in [2.05, 4.69) is 9.98 Å². The number of guanidine groups is 2. The first kappa shape index (κ1) is 19.9. The molecule has 2 aromatic carbocycles. The maximum atomic E-state index is 6.39. The molecule has 1 aliphatic rings. The molecule has 0 unspecified atom stereocenters. The summed E-state index contributed by atoms with van der Waals surface area (Å²) in [4.78, 5) is 10.1. The Bertz CT molecular complexity index is 837. The van der Waals surface area contributed by atoms with Gasteiger partial charge in [-0.2, -0.15) is 4.99 Å². The lowest BCUT2D eigenvalue weighted by atomic mass is 10.1. The van der Waals surface area contributed by atoms with Crippen molar-refractivity contribution < 1.29 is 4.74 Å². The topological polar surface area (TPSA) is 89.2 Å². The van der Waals surface area contributed by atoms with Crippen LogP contribution in [0.2, 0.25) is 5.02 Å². The van der Waals surface area contributed by atoms with Crippen molar-refractivity contribution in [3.05, 3.63) is 59.1 Å². The van der Waals surface area contributed by atoms with E-state index in [4.69, 9.17) is 27.8 Å². The van der Waals surface area contributed by atoms with Gasteiger partial charge in [-0.25, -0.2) is 4.99 Å². The van der Waals surface area contributed by atoms with Crippen LogP contribution in [0.25, 0.3) is 0 Å². The van der Waals surface area contributed by atoms with Gasteiger partial charge in [-0.15, -0.1) is 12.4 Å². The molecule has 0 atom stereocenters. The van der Waals surface area contributed by atoms with Crippen LogP contribution in [0.15, 0.2) is 58.5 Å². The van der Waals surface area contributed by atoms with Gasteiger partial charge in [0.05, 0.1) is 5.02 Å². The molecule has 0 saturated carbocycles. The van der Waals surface area contributed by atoms with E-state index in [0.717, 1.165) is 11.3 Å². The molecule has 2 aromatic rings. The van der Waals surface area contributed by atoms with E-state index < -0.39 is 5.66 Å². The van der Waals surface area contributed by atoms with Crippen LogP contribution in [0.3, 0.4) is 0 Å². The van der Waals surface area contributed by atoms with Crippen LogP contribution >= 0.6 is 24.0 Å². The van der Waals surface area contributed by atoms with Gasteiger partial charge in [-0.1, -0.05) is 41.9 Å². The Kier molecular flexibility index (Phi) is 6.00. The average molecular weight is 394 g/mol. The molecule has 26 heavy (non-hydrogen) atoms. The maximum Gasteiger partial charge on any atom is 0.220 e. The highest BCUT2D eigenvalue weighted by atomic mass is 35.5. The second-order valence-corrected chi connectivity index (χ2v) is 6.57. The molecule has 3 rings (SSSR count). The molecule has 138 valence electrons. The molecule has 0 amide bonds. The van der Waals surface area contributed by atoms with Crippen LogP contribution in [-0.2, 0) is 6.61 Å². The third-order valence-electron chi connectivity index (χ3n) is 3.80. The van der Waals surface area contributed by atoms with Crippen molar-refractivity contribution >= 4 is 41.6 Å². The van der Waals surface area contributed by atoms with Crippen LogP contribution in [0.4, 0.5) is 5.69 Å². The Hall–Kier alpha value is -2.44. The molecule has 0 fully saturated rings. The zero-order valence-corrected chi connectivity index (χ0v) is 16.1. The first-order chi connectivity index (χ1) is 11.9. The molecule has 1 heterocycles. The van der Waals surface area contributed by atoms with Gasteiger partial charge in [-0.05, 0) is 37.6 Å². The number of hydrogen-bond acceptors (Lipinski definition) is 6. The highest BCUT2D eigenvalue weighted by molar-refractivity contribution is 6.32. The van der Waals surface area contributed by atoms with Crippen LogP contribution in [0, 0.1) is 0 Å². The van der Waals surface area contributed by atoms with Gasteiger partial charge in [0.25, 0.3) is 0 Å². The second-order valence-electron chi connectivity index (χ2n) is 6.16. The minimum absolute atomic E-state index is 0. The quantitative estimate of drug-likeness (QED) is 0.830. The van der Waals surface area contributed by atoms with Crippen LogP contribution < -0.4 is 21.1 Å². The Morgan fingerprint density at radius 2 is 1.81 bits per heavy atom. The van der Waals surface area contributed by atoms with Gasteiger partial charge < -0.3 is 16.2 Å². The number of rotatable bonds is 4. The highest BCUT2D eigenvalue weighted by Crippen LogP contribution is 2.34. The van der Waals surface area contributed by atoms with Crippen molar-refractivity contribution in [2.45, 2.75) is 26.1 Å². The van der Waals surface area contributed by atoms with E-state index in [0.29, 0.717) is 17.4 Å². The fourth-order valence-electron chi connectivity index (χ4n) is 2.73. The summed E-state index contributed by atoms with van der Waals surface area (Å²) in [6.45, 7) is 4.24. The Balaban J connectivity index is 0.00000243. The summed E-state index contributed by atoms with van der Waals surface area (Å²) < 4.78 is 5.80. The lowest BCUT2D eigenvalue weighted by Crippen LogP contribution is -2.54. The van der Waals surface area contributed by atoms with E-state index in [1.807, 2.05) is 56.3 Å². The number of hydrogen-bond donors (Lipinski definition) is 2. The molecule has 8 heteroatoms. The van der Waals surface area contributed by atoms with Crippen molar-refractivity contribution in [3.8, 4) is 5.75 Å². The number of nitrogens with two attached hydrogens (primary N) is 2. The predicted molar refractivity (Wildman–Crippen MR) is 109 cm³/mol. The monoisotopic (exact) mass is 393 g/mol. The SMILES string of the molecule is CC1(C)N=C(N)N=C(N)N1c1ccc(OCc2ccccc2)c(Cl)c1.Cl. The number of benzene rings is 2. The van der Waals surface area contributed by atoms with E-state index in [9.17, 15) is 0 Å². The largest absolute Gasteiger partial charge is 0.487 e. The molecule has 0 spiro atoms. The minimum Gasteiger partial charge on any atom is -0.487 e. The predicted octanol–water partition coefficient (Wildman–Crippen LogP) is 3.53. The fourth-order valence-corrected chi connectivity index (χ4v) is 2.96. The molecular weight excluding hydrogens is 373 g/mol. The molecule has 0 saturated heterocycles. The molecule has 0 aromatic heterocycles. The Morgan fingerprint density at radius 1 is 1.12 bits per heavy atom. The van der Waals surface area contributed by atoms with Crippen molar-refractivity contribution in [2.75, 3.05) is 4.90 Å². The summed E-state index contributed by atoms with van der Waals surface area (Å²) in [6, 6.07) is 15.4. The minimum atomic E-state index is -0.661.